The van der Waals surface area contributed by atoms with Crippen LogP contribution >= 0.6 is 11.3 Å². The first-order valence-corrected chi connectivity index (χ1v) is 13.7. The highest BCUT2D eigenvalue weighted by Gasteiger charge is 2.21. The van der Waals surface area contributed by atoms with Crippen LogP contribution in [0.5, 0.6) is 11.5 Å². The summed E-state index contributed by atoms with van der Waals surface area (Å²) in [6.07, 6.45) is 8.17. The number of methoxy groups -OCH3 is 1. The standard InChI is InChI=1S/C29H37N3O3S/c1-20(2)17-32-21(3)25(29(33)30-15-14-22-8-6-5-7-9-22)16-27(32)26-19-36-28(31-26)18-35-24-12-10-23(34-4)11-13-24/h8,10-13,16,19-20H,5-7,9,14-15,17-18H2,1-4H3,(H,30,33). The SMILES string of the molecule is COc1ccc(OCc2nc(-c3cc(C(=O)NCCC4=CCCCC4)c(C)n3CC(C)C)cs2)cc1. The van der Waals surface area contributed by atoms with E-state index in [1.54, 1.807) is 18.4 Å². The Bertz CT molecular complexity index is 1190. The van der Waals surface area contributed by atoms with Crippen molar-refractivity contribution in [2.45, 2.75) is 66.0 Å². The Balaban J connectivity index is 1.46. The first-order valence-electron chi connectivity index (χ1n) is 12.8. The molecule has 2 heterocycles. The van der Waals surface area contributed by atoms with Crippen LogP contribution < -0.4 is 14.8 Å². The van der Waals surface area contributed by atoms with Crippen molar-refractivity contribution in [3.05, 3.63) is 63.6 Å². The van der Waals surface area contributed by atoms with Crippen LogP contribution in [-0.2, 0) is 13.2 Å². The lowest BCUT2D eigenvalue weighted by Crippen LogP contribution is -2.25. The van der Waals surface area contributed by atoms with Gasteiger partial charge in [0.1, 0.15) is 23.1 Å². The molecule has 0 aliphatic heterocycles. The van der Waals surface area contributed by atoms with Gasteiger partial charge in [0, 0.05) is 24.2 Å². The highest BCUT2D eigenvalue weighted by molar-refractivity contribution is 7.09. The molecule has 1 aliphatic rings. The van der Waals surface area contributed by atoms with Crippen LogP contribution in [0.25, 0.3) is 11.4 Å². The fourth-order valence-electron chi connectivity index (χ4n) is 4.56. The molecule has 1 N–H and O–H groups in total. The summed E-state index contributed by atoms with van der Waals surface area (Å²) in [4.78, 5) is 18.0. The van der Waals surface area contributed by atoms with Gasteiger partial charge in [-0.05, 0) is 75.3 Å². The summed E-state index contributed by atoms with van der Waals surface area (Å²) in [6, 6.07) is 9.53. The molecule has 0 fully saturated rings. The number of allylic oxidation sites excluding steroid dienone is 1. The molecule has 0 unspecified atom stereocenters. The van der Waals surface area contributed by atoms with Gasteiger partial charge in [-0.3, -0.25) is 4.79 Å². The molecule has 1 aliphatic carbocycles. The first-order chi connectivity index (χ1) is 17.4. The molecule has 0 spiro atoms. The molecule has 1 amide bonds. The van der Waals surface area contributed by atoms with Crippen LogP contribution in [0, 0.1) is 12.8 Å². The summed E-state index contributed by atoms with van der Waals surface area (Å²) >= 11 is 1.57. The fourth-order valence-corrected chi connectivity index (χ4v) is 5.26. The van der Waals surface area contributed by atoms with Crippen LogP contribution in [0.1, 0.15) is 67.0 Å². The van der Waals surface area contributed by atoms with Crippen molar-refractivity contribution < 1.29 is 14.3 Å². The second-order valence-corrected chi connectivity index (χ2v) is 10.7. The number of amides is 1. The molecule has 3 aromatic rings. The molecule has 0 radical (unpaired) electrons. The summed E-state index contributed by atoms with van der Waals surface area (Å²) in [7, 11) is 1.65. The molecular weight excluding hydrogens is 470 g/mol. The Morgan fingerprint density at radius 3 is 2.67 bits per heavy atom. The average Bonchev–Trinajstić information content (AvgIpc) is 3.48. The van der Waals surface area contributed by atoms with Crippen molar-refractivity contribution in [3.63, 3.8) is 0 Å². The van der Waals surface area contributed by atoms with E-state index in [9.17, 15) is 4.79 Å². The first kappa shape index (κ1) is 26.0. The minimum atomic E-state index is -0.00837. The predicted octanol–water partition coefficient (Wildman–Crippen LogP) is 6.78. The molecule has 4 rings (SSSR count). The van der Waals surface area contributed by atoms with Crippen LogP contribution in [0.2, 0.25) is 0 Å². The number of thiazole rings is 1. The zero-order chi connectivity index (χ0) is 25.5. The number of nitrogens with one attached hydrogen (secondary N) is 1. The van der Waals surface area contributed by atoms with E-state index in [1.165, 1.54) is 24.8 Å². The summed E-state index contributed by atoms with van der Waals surface area (Å²) in [5.41, 5.74) is 5.05. The largest absolute Gasteiger partial charge is 0.497 e. The number of carbonyl (C=O) groups is 1. The van der Waals surface area contributed by atoms with Gasteiger partial charge in [-0.1, -0.05) is 25.5 Å². The number of nitrogens with zero attached hydrogens (tertiary/aromatic N) is 2. The Kier molecular flexibility index (Phi) is 8.86. The van der Waals surface area contributed by atoms with Gasteiger partial charge < -0.3 is 19.4 Å². The molecule has 0 bridgehead atoms. The lowest BCUT2D eigenvalue weighted by Gasteiger charge is -2.14. The van der Waals surface area contributed by atoms with Gasteiger partial charge in [0.15, 0.2) is 0 Å². The van der Waals surface area contributed by atoms with Crippen molar-refractivity contribution >= 4 is 17.2 Å². The number of rotatable bonds is 11. The fraction of sp³-hybridized carbons (Fsp3) is 0.448. The average molecular weight is 508 g/mol. The van der Waals surface area contributed by atoms with E-state index in [0.29, 0.717) is 19.1 Å². The van der Waals surface area contributed by atoms with Gasteiger partial charge in [-0.25, -0.2) is 4.98 Å². The topological polar surface area (TPSA) is 65.4 Å². The van der Waals surface area contributed by atoms with Crippen molar-refractivity contribution in [1.29, 1.82) is 0 Å². The Hall–Kier alpha value is -3.06. The highest BCUT2D eigenvalue weighted by atomic mass is 32.1. The van der Waals surface area contributed by atoms with Gasteiger partial charge in [0.2, 0.25) is 0 Å². The number of benzene rings is 1. The molecule has 36 heavy (non-hydrogen) atoms. The third-order valence-electron chi connectivity index (χ3n) is 6.51. The summed E-state index contributed by atoms with van der Waals surface area (Å²) in [5, 5.41) is 6.09. The van der Waals surface area contributed by atoms with Crippen molar-refractivity contribution in [3.8, 4) is 22.9 Å². The maximum Gasteiger partial charge on any atom is 0.253 e. The Labute approximate surface area is 218 Å². The minimum absolute atomic E-state index is 0.00837. The van der Waals surface area contributed by atoms with Crippen molar-refractivity contribution in [1.82, 2.24) is 14.9 Å². The number of hydrogen-bond donors (Lipinski definition) is 1. The van der Waals surface area contributed by atoms with Crippen LogP contribution in [0.15, 0.2) is 47.4 Å². The summed E-state index contributed by atoms with van der Waals surface area (Å²) in [6.45, 7) is 8.32. The monoisotopic (exact) mass is 507 g/mol. The van der Waals surface area contributed by atoms with Crippen LogP contribution in [-0.4, -0.2) is 29.1 Å². The van der Waals surface area contributed by atoms with E-state index < -0.39 is 0 Å². The lowest BCUT2D eigenvalue weighted by atomic mass is 9.97. The molecule has 0 saturated carbocycles. The van der Waals surface area contributed by atoms with Crippen LogP contribution in [0.3, 0.4) is 0 Å². The van der Waals surface area contributed by atoms with E-state index in [0.717, 1.165) is 58.5 Å². The number of aromatic nitrogens is 2. The third-order valence-corrected chi connectivity index (χ3v) is 7.33. The highest BCUT2D eigenvalue weighted by Crippen LogP contribution is 2.29. The van der Waals surface area contributed by atoms with Crippen molar-refractivity contribution in [2.75, 3.05) is 13.7 Å². The molecule has 2 aromatic heterocycles. The minimum Gasteiger partial charge on any atom is -0.497 e. The molecule has 7 heteroatoms. The number of ether oxygens (including phenoxy) is 2. The normalized spacial score (nSPS) is 13.5. The van der Waals surface area contributed by atoms with E-state index in [2.05, 4.69) is 35.2 Å². The summed E-state index contributed by atoms with van der Waals surface area (Å²) < 4.78 is 13.3. The Morgan fingerprint density at radius 1 is 1.19 bits per heavy atom. The van der Waals surface area contributed by atoms with Gasteiger partial charge in [0.25, 0.3) is 5.91 Å². The molecule has 0 saturated heterocycles. The quantitative estimate of drug-likeness (QED) is 0.290. The summed E-state index contributed by atoms with van der Waals surface area (Å²) in [5.74, 6) is 2.01. The number of hydrogen-bond acceptors (Lipinski definition) is 5. The smallest absolute Gasteiger partial charge is 0.253 e. The van der Waals surface area contributed by atoms with E-state index in [-0.39, 0.29) is 5.91 Å². The zero-order valence-electron chi connectivity index (χ0n) is 21.8. The lowest BCUT2D eigenvalue weighted by molar-refractivity contribution is 0.0953. The Morgan fingerprint density at radius 2 is 1.97 bits per heavy atom. The van der Waals surface area contributed by atoms with E-state index >= 15 is 0 Å². The molecule has 1 aromatic carbocycles. The second kappa shape index (κ2) is 12.3. The van der Waals surface area contributed by atoms with Crippen LogP contribution in [0.4, 0.5) is 0 Å². The van der Waals surface area contributed by atoms with E-state index in [1.807, 2.05) is 37.3 Å². The van der Waals surface area contributed by atoms with Gasteiger partial charge in [-0.2, -0.15) is 0 Å². The second-order valence-electron chi connectivity index (χ2n) is 9.74. The maximum absolute atomic E-state index is 13.1. The third kappa shape index (κ3) is 6.58. The van der Waals surface area contributed by atoms with Gasteiger partial charge in [-0.15, -0.1) is 11.3 Å². The molecule has 192 valence electrons. The number of carbonyl (C=O) groups excluding carboxylic acids is 1. The molecule has 0 atom stereocenters. The zero-order valence-corrected chi connectivity index (χ0v) is 22.6. The maximum atomic E-state index is 13.1. The van der Waals surface area contributed by atoms with Gasteiger partial charge >= 0.3 is 0 Å². The molecular formula is C29H37N3O3S. The van der Waals surface area contributed by atoms with E-state index in [4.69, 9.17) is 14.5 Å². The van der Waals surface area contributed by atoms with Gasteiger partial charge in [0.05, 0.1) is 24.1 Å². The van der Waals surface area contributed by atoms with Crippen molar-refractivity contribution in [2.24, 2.45) is 5.92 Å². The predicted molar refractivity (Wildman–Crippen MR) is 146 cm³/mol. The molecule has 6 nitrogen and oxygen atoms in total.